The molecule has 0 bridgehead atoms. The molecule has 0 aliphatic heterocycles. The molecule has 10 aromatic rings. The number of benzene rings is 8. The van der Waals surface area contributed by atoms with Gasteiger partial charge in [-0.2, -0.15) is 0 Å². The predicted octanol–water partition coefficient (Wildman–Crippen LogP) is 14.7. The van der Waals surface area contributed by atoms with E-state index in [9.17, 15) is 0 Å². The summed E-state index contributed by atoms with van der Waals surface area (Å²) in [5.74, 6) is 0. The zero-order valence-corrected chi connectivity index (χ0v) is 32.9. The smallest absolute Gasteiger partial charge is 0.0547 e. The van der Waals surface area contributed by atoms with Crippen LogP contribution in [0, 0.1) is 41.5 Å². The van der Waals surface area contributed by atoms with Crippen LogP contribution in [0.3, 0.4) is 0 Å². The second-order valence-electron chi connectivity index (χ2n) is 15.8. The molecule has 0 spiro atoms. The zero-order valence-electron chi connectivity index (χ0n) is 32.9. The van der Waals surface area contributed by atoms with Gasteiger partial charge in [-0.25, -0.2) is 0 Å². The number of aryl methyl sites for hydroxylation is 6. The minimum atomic E-state index is 1.16. The molecular formula is C54H44N2. The summed E-state index contributed by atoms with van der Waals surface area (Å²) in [5, 5.41) is 5.08. The fourth-order valence-electron chi connectivity index (χ4n) is 9.69. The van der Waals surface area contributed by atoms with Crippen LogP contribution in [0.15, 0.2) is 158 Å². The lowest BCUT2D eigenvalue weighted by molar-refractivity contribution is 1.18. The Hall–Kier alpha value is -6.64. The first-order valence-electron chi connectivity index (χ1n) is 19.7. The molecule has 0 fully saturated rings. The summed E-state index contributed by atoms with van der Waals surface area (Å²) in [6, 6.07) is 58.8. The minimum absolute atomic E-state index is 1.16. The average molecular weight is 721 g/mol. The standard InChI is InChI=1S/C54H44N2/c1-33-27-35(3)53(36(4)28-33)41-19-25-47-45-11-7-9-13-49(45)55(51(47)31-41)43-21-15-39(16-22-43)40-17-23-44(24-18-40)56-50-14-10-8-12-46(50)48-26-20-42(32-52(48)56)54-37(5)29-34(2)30-38(54)6/h7-32H,1-6H3. The largest absolute Gasteiger partial charge is 0.309 e. The summed E-state index contributed by atoms with van der Waals surface area (Å²) in [6.07, 6.45) is 0. The van der Waals surface area contributed by atoms with E-state index in [-0.39, 0.29) is 0 Å². The minimum Gasteiger partial charge on any atom is -0.309 e. The molecule has 0 radical (unpaired) electrons. The van der Waals surface area contributed by atoms with Crippen LogP contribution in [0.1, 0.15) is 33.4 Å². The normalized spacial score (nSPS) is 11.8. The summed E-state index contributed by atoms with van der Waals surface area (Å²) < 4.78 is 4.85. The summed E-state index contributed by atoms with van der Waals surface area (Å²) in [6.45, 7) is 13.3. The molecule has 10 rings (SSSR count). The number of aromatic nitrogens is 2. The Balaban J connectivity index is 1.04. The van der Waals surface area contributed by atoms with E-state index in [0.29, 0.717) is 0 Å². The van der Waals surface area contributed by atoms with Crippen LogP contribution in [0.2, 0.25) is 0 Å². The second-order valence-corrected chi connectivity index (χ2v) is 15.8. The van der Waals surface area contributed by atoms with Gasteiger partial charge < -0.3 is 9.13 Å². The molecule has 56 heavy (non-hydrogen) atoms. The highest BCUT2D eigenvalue weighted by molar-refractivity contribution is 6.11. The van der Waals surface area contributed by atoms with Crippen molar-refractivity contribution < 1.29 is 0 Å². The van der Waals surface area contributed by atoms with Crippen molar-refractivity contribution in [3.63, 3.8) is 0 Å². The van der Waals surface area contributed by atoms with E-state index in [1.165, 1.54) is 110 Å². The van der Waals surface area contributed by atoms with E-state index in [4.69, 9.17) is 0 Å². The van der Waals surface area contributed by atoms with E-state index >= 15 is 0 Å². The summed E-state index contributed by atoms with van der Waals surface area (Å²) in [4.78, 5) is 0. The molecule has 2 heterocycles. The maximum absolute atomic E-state index is 2.43. The van der Waals surface area contributed by atoms with Gasteiger partial charge in [-0.1, -0.05) is 120 Å². The molecule has 0 aliphatic carbocycles. The highest BCUT2D eigenvalue weighted by Gasteiger charge is 2.17. The molecule has 0 aliphatic rings. The molecule has 0 saturated carbocycles. The highest BCUT2D eigenvalue weighted by atomic mass is 15.0. The van der Waals surface area contributed by atoms with Crippen LogP contribution in [0.4, 0.5) is 0 Å². The van der Waals surface area contributed by atoms with Gasteiger partial charge in [0.2, 0.25) is 0 Å². The molecule has 2 nitrogen and oxygen atoms in total. The predicted molar refractivity (Wildman–Crippen MR) is 240 cm³/mol. The fraction of sp³-hybridized carbons (Fsp3) is 0.111. The van der Waals surface area contributed by atoms with Gasteiger partial charge >= 0.3 is 0 Å². The van der Waals surface area contributed by atoms with Crippen LogP contribution in [-0.2, 0) is 0 Å². The van der Waals surface area contributed by atoms with Crippen LogP contribution in [0.25, 0.3) is 88.4 Å². The van der Waals surface area contributed by atoms with E-state index < -0.39 is 0 Å². The molecule has 2 aromatic heterocycles. The van der Waals surface area contributed by atoms with Crippen LogP contribution in [-0.4, -0.2) is 9.13 Å². The van der Waals surface area contributed by atoms with Crippen LogP contribution < -0.4 is 0 Å². The summed E-state index contributed by atoms with van der Waals surface area (Å²) >= 11 is 0. The third-order valence-corrected chi connectivity index (χ3v) is 11.9. The number of para-hydroxylation sites is 2. The van der Waals surface area contributed by atoms with Gasteiger partial charge in [-0.05, 0) is 146 Å². The van der Waals surface area contributed by atoms with E-state index in [0.717, 1.165) is 11.4 Å². The lowest BCUT2D eigenvalue weighted by Gasteiger charge is -2.14. The summed E-state index contributed by atoms with van der Waals surface area (Å²) in [7, 11) is 0. The van der Waals surface area contributed by atoms with Gasteiger partial charge in [0.1, 0.15) is 0 Å². The second kappa shape index (κ2) is 13.0. The topological polar surface area (TPSA) is 9.86 Å². The molecule has 0 N–H and O–H groups in total. The molecule has 0 unspecified atom stereocenters. The molecular weight excluding hydrogens is 677 g/mol. The fourth-order valence-corrected chi connectivity index (χ4v) is 9.69. The monoisotopic (exact) mass is 720 g/mol. The maximum atomic E-state index is 2.43. The average Bonchev–Trinajstić information content (AvgIpc) is 3.69. The van der Waals surface area contributed by atoms with Gasteiger partial charge in [0.25, 0.3) is 0 Å². The van der Waals surface area contributed by atoms with Crippen molar-refractivity contribution >= 4 is 43.6 Å². The molecule has 0 saturated heterocycles. The number of fused-ring (bicyclic) bond motifs is 6. The molecule has 8 aromatic carbocycles. The van der Waals surface area contributed by atoms with Gasteiger partial charge in [0.15, 0.2) is 0 Å². The first-order valence-corrected chi connectivity index (χ1v) is 19.7. The Labute approximate surface area is 328 Å². The summed E-state index contributed by atoms with van der Waals surface area (Å²) in [5.41, 5.74) is 22.6. The maximum Gasteiger partial charge on any atom is 0.0547 e. The van der Waals surface area contributed by atoms with Crippen molar-refractivity contribution in [3.05, 3.63) is 191 Å². The van der Waals surface area contributed by atoms with Crippen molar-refractivity contribution in [1.29, 1.82) is 0 Å². The molecule has 2 heteroatoms. The molecule has 0 amide bonds. The lowest BCUT2D eigenvalue weighted by Crippen LogP contribution is -1.96. The zero-order chi connectivity index (χ0) is 38.2. The first kappa shape index (κ1) is 33.9. The number of nitrogens with zero attached hydrogens (tertiary/aromatic N) is 2. The molecule has 270 valence electrons. The Bertz CT molecular complexity index is 2910. The van der Waals surface area contributed by atoms with Crippen molar-refractivity contribution in [2.24, 2.45) is 0 Å². The number of hydrogen-bond donors (Lipinski definition) is 0. The van der Waals surface area contributed by atoms with Crippen molar-refractivity contribution in [2.75, 3.05) is 0 Å². The van der Waals surface area contributed by atoms with E-state index in [1.807, 2.05) is 0 Å². The van der Waals surface area contributed by atoms with Crippen LogP contribution in [0.5, 0.6) is 0 Å². The van der Waals surface area contributed by atoms with E-state index in [1.54, 1.807) is 0 Å². The quantitative estimate of drug-likeness (QED) is 0.168. The third-order valence-electron chi connectivity index (χ3n) is 11.9. The van der Waals surface area contributed by atoms with Crippen molar-refractivity contribution in [2.45, 2.75) is 41.5 Å². The van der Waals surface area contributed by atoms with Crippen molar-refractivity contribution in [1.82, 2.24) is 9.13 Å². The Morgan fingerprint density at radius 1 is 0.286 bits per heavy atom. The molecule has 0 atom stereocenters. The Kier molecular flexibility index (Phi) is 7.87. The SMILES string of the molecule is Cc1cc(C)c(-c2ccc3c4ccccc4n(-c4ccc(-c5ccc(-n6c7ccccc7c7ccc(-c8c(C)cc(C)cc8C)cc76)cc5)cc4)c3c2)c(C)c1. The van der Waals surface area contributed by atoms with Gasteiger partial charge in [0.05, 0.1) is 22.1 Å². The lowest BCUT2D eigenvalue weighted by atomic mass is 9.93. The van der Waals surface area contributed by atoms with E-state index in [2.05, 4.69) is 208 Å². The van der Waals surface area contributed by atoms with Crippen LogP contribution >= 0.6 is 0 Å². The Morgan fingerprint density at radius 3 is 0.982 bits per heavy atom. The third kappa shape index (κ3) is 5.39. The van der Waals surface area contributed by atoms with Gasteiger partial charge in [-0.15, -0.1) is 0 Å². The number of hydrogen-bond acceptors (Lipinski definition) is 0. The Morgan fingerprint density at radius 2 is 0.607 bits per heavy atom. The van der Waals surface area contributed by atoms with Gasteiger partial charge in [-0.3, -0.25) is 0 Å². The first-order chi connectivity index (χ1) is 27.2. The van der Waals surface area contributed by atoms with Gasteiger partial charge in [0, 0.05) is 32.9 Å². The highest BCUT2D eigenvalue weighted by Crippen LogP contribution is 2.39. The number of rotatable bonds is 5. The van der Waals surface area contributed by atoms with Crippen molar-refractivity contribution in [3.8, 4) is 44.8 Å².